The number of fused-ring (bicyclic) bond motifs is 5. The van der Waals surface area contributed by atoms with Gasteiger partial charge in [0.25, 0.3) is 0 Å². The van der Waals surface area contributed by atoms with Crippen LogP contribution in [0.5, 0.6) is 11.5 Å². The molecule has 17 heteroatoms. The molecule has 4 aliphatic carbocycles. The molecule has 17 nitrogen and oxygen atoms in total. The van der Waals surface area contributed by atoms with E-state index in [2.05, 4.69) is 6.92 Å². The lowest BCUT2D eigenvalue weighted by Gasteiger charge is -2.65. The van der Waals surface area contributed by atoms with E-state index in [4.69, 9.17) is 49.1 Å². The zero-order chi connectivity index (χ0) is 47.5. The molecule has 0 bridgehead atoms. The van der Waals surface area contributed by atoms with Gasteiger partial charge in [-0.15, -0.1) is 0 Å². The van der Waals surface area contributed by atoms with Gasteiger partial charge in [-0.05, 0) is 137 Å². The molecule has 4 saturated carbocycles. The molecule has 66 heavy (non-hydrogen) atoms. The summed E-state index contributed by atoms with van der Waals surface area (Å²) in [6.07, 6.45) is -0.796. The quantitative estimate of drug-likeness (QED) is 0.0979. The van der Waals surface area contributed by atoms with Crippen molar-refractivity contribution in [2.75, 3.05) is 13.2 Å². The summed E-state index contributed by atoms with van der Waals surface area (Å²) < 4.78 is 42.1. The molecule has 9 rings (SSSR count). The SMILES string of the molecule is C[C@H]1O[C@@H](O[C@H]2[C@@H](O)C[C@H](O[C@H]3[C@@H](O)C[C@H](O[C@H]4CC[C@@]5(C)[C@H](CC[C@@H]6[C@@H]5C[C@@H](O)[C@]5(C)[C@@H](C7=CC(=O)OC7)CC[C@]65O)C4)O[C@@H]3C)O[C@@H]2C)C[C@H](O)[C@@H]1O.NCCc1ccc(O)c(O)c1. The fourth-order valence-corrected chi connectivity index (χ4v) is 13.7. The predicted octanol–water partition coefficient (Wildman–Crippen LogP) is 2.82. The number of aliphatic hydroxyl groups is 6. The molecule has 372 valence electrons. The Morgan fingerprint density at radius 1 is 0.727 bits per heavy atom. The predicted molar refractivity (Wildman–Crippen MR) is 235 cm³/mol. The van der Waals surface area contributed by atoms with Gasteiger partial charge in [0.15, 0.2) is 30.4 Å². The normalized spacial score (nSPS) is 47.9. The molecule has 0 radical (unpaired) electrons. The van der Waals surface area contributed by atoms with Crippen LogP contribution in [0.3, 0.4) is 0 Å². The van der Waals surface area contributed by atoms with Crippen molar-refractivity contribution in [2.24, 2.45) is 40.2 Å². The van der Waals surface area contributed by atoms with Crippen molar-refractivity contribution in [1.82, 2.24) is 0 Å². The van der Waals surface area contributed by atoms with Crippen molar-refractivity contribution >= 4 is 5.97 Å². The molecule has 0 spiro atoms. The zero-order valence-corrected chi connectivity index (χ0v) is 39.0. The number of hydrogen-bond donors (Lipinski definition) is 9. The Morgan fingerprint density at radius 2 is 1.35 bits per heavy atom. The van der Waals surface area contributed by atoms with Crippen LogP contribution >= 0.6 is 0 Å². The van der Waals surface area contributed by atoms with Crippen LogP contribution in [0.2, 0.25) is 0 Å². The number of nitrogens with two attached hydrogens (primary N) is 1. The van der Waals surface area contributed by atoms with Crippen LogP contribution < -0.4 is 5.73 Å². The first-order valence-electron chi connectivity index (χ1n) is 24.4. The molecular formula is C49H75NO16. The van der Waals surface area contributed by atoms with E-state index in [-0.39, 0.29) is 72.6 Å². The molecule has 0 amide bonds. The van der Waals surface area contributed by atoms with Crippen molar-refractivity contribution < 1.29 is 78.8 Å². The maximum atomic E-state index is 12.6. The molecule has 4 heterocycles. The third-order valence-electron chi connectivity index (χ3n) is 17.4. The van der Waals surface area contributed by atoms with Gasteiger partial charge in [0, 0.05) is 30.8 Å². The molecular weight excluding hydrogens is 859 g/mol. The van der Waals surface area contributed by atoms with Crippen molar-refractivity contribution in [3.8, 4) is 11.5 Å². The van der Waals surface area contributed by atoms with Crippen molar-refractivity contribution in [1.29, 1.82) is 0 Å². The Labute approximate surface area is 387 Å². The zero-order valence-electron chi connectivity index (χ0n) is 39.0. The van der Waals surface area contributed by atoms with Crippen LogP contribution in [0.15, 0.2) is 29.8 Å². The molecule has 3 saturated heterocycles. The highest BCUT2D eigenvalue weighted by Crippen LogP contribution is 2.70. The maximum Gasteiger partial charge on any atom is 0.331 e. The number of aromatic hydroxyl groups is 2. The van der Waals surface area contributed by atoms with Crippen LogP contribution in [0.25, 0.3) is 0 Å². The minimum absolute atomic E-state index is 0.0452. The summed E-state index contributed by atoms with van der Waals surface area (Å²) in [5.74, 6) is 0.0252. The number of cyclic esters (lactones) is 1. The summed E-state index contributed by atoms with van der Waals surface area (Å²) >= 11 is 0. The number of rotatable bonds is 9. The Hall–Kier alpha value is -2.49. The highest BCUT2D eigenvalue weighted by atomic mass is 16.7. The van der Waals surface area contributed by atoms with E-state index < -0.39 is 90.9 Å². The highest BCUT2D eigenvalue weighted by molar-refractivity contribution is 5.85. The van der Waals surface area contributed by atoms with Gasteiger partial charge in [-0.25, -0.2) is 4.79 Å². The third kappa shape index (κ3) is 9.43. The van der Waals surface area contributed by atoms with Gasteiger partial charge in [-0.2, -0.15) is 0 Å². The molecule has 1 aromatic carbocycles. The number of hydrogen-bond acceptors (Lipinski definition) is 17. The van der Waals surface area contributed by atoms with Crippen LogP contribution in [0, 0.1) is 34.5 Å². The van der Waals surface area contributed by atoms with E-state index in [1.807, 2.05) is 13.8 Å². The van der Waals surface area contributed by atoms with Crippen LogP contribution in [-0.4, -0.2) is 152 Å². The Morgan fingerprint density at radius 3 is 1.92 bits per heavy atom. The summed E-state index contributed by atoms with van der Waals surface area (Å²) in [5.41, 5.74) is 5.35. The number of carbonyl (C=O) groups is 1. The molecule has 8 aliphatic rings. The van der Waals surface area contributed by atoms with Gasteiger partial charge in [-0.3, -0.25) is 0 Å². The second kappa shape index (κ2) is 19.7. The first kappa shape index (κ1) is 49.9. The van der Waals surface area contributed by atoms with E-state index in [1.165, 1.54) is 12.1 Å². The Balaban J connectivity index is 0.000000473. The third-order valence-corrected chi connectivity index (χ3v) is 17.4. The lowest BCUT2D eigenvalue weighted by Crippen LogP contribution is -2.67. The lowest BCUT2D eigenvalue weighted by molar-refractivity contribution is -0.336. The van der Waals surface area contributed by atoms with Gasteiger partial charge >= 0.3 is 5.97 Å². The van der Waals surface area contributed by atoms with Crippen molar-refractivity contribution in [3.05, 3.63) is 35.4 Å². The van der Waals surface area contributed by atoms with Crippen LogP contribution in [0.4, 0.5) is 0 Å². The fraction of sp³-hybridized carbons (Fsp3) is 0.816. The molecule has 4 aliphatic heterocycles. The van der Waals surface area contributed by atoms with Gasteiger partial charge in [0.1, 0.15) is 24.9 Å². The summed E-state index contributed by atoms with van der Waals surface area (Å²) in [6.45, 7) is 10.4. The number of aliphatic hydroxyl groups excluding tert-OH is 5. The lowest BCUT2D eigenvalue weighted by atomic mass is 9.42. The smallest absolute Gasteiger partial charge is 0.331 e. The highest BCUT2D eigenvalue weighted by Gasteiger charge is 2.71. The average Bonchev–Trinajstić information content (AvgIpc) is 3.81. The molecule has 0 unspecified atom stereocenters. The molecule has 7 fully saturated rings. The van der Waals surface area contributed by atoms with Crippen molar-refractivity contribution in [2.45, 2.75) is 203 Å². The second-order valence-electron chi connectivity index (χ2n) is 21.2. The summed E-state index contributed by atoms with van der Waals surface area (Å²) in [4.78, 5) is 11.9. The van der Waals surface area contributed by atoms with Gasteiger partial charge < -0.3 is 79.7 Å². The molecule has 21 atom stereocenters. The number of benzene rings is 1. The van der Waals surface area contributed by atoms with E-state index >= 15 is 0 Å². The van der Waals surface area contributed by atoms with Gasteiger partial charge in [0.2, 0.25) is 0 Å². The summed E-state index contributed by atoms with van der Waals surface area (Å²) in [5, 5.41) is 84.8. The Kier molecular flexibility index (Phi) is 14.9. The number of esters is 1. The van der Waals surface area contributed by atoms with E-state index in [9.17, 15) is 35.4 Å². The van der Waals surface area contributed by atoms with E-state index in [1.54, 1.807) is 26.0 Å². The second-order valence-corrected chi connectivity index (χ2v) is 21.2. The van der Waals surface area contributed by atoms with E-state index in [0.717, 1.165) is 49.7 Å². The fourth-order valence-electron chi connectivity index (χ4n) is 13.7. The van der Waals surface area contributed by atoms with Crippen molar-refractivity contribution in [3.63, 3.8) is 0 Å². The number of phenols is 2. The number of carbonyl (C=O) groups excluding carboxylic acids is 1. The molecule has 0 aromatic heterocycles. The maximum absolute atomic E-state index is 12.6. The summed E-state index contributed by atoms with van der Waals surface area (Å²) in [6, 6.07) is 4.71. The minimum atomic E-state index is -1.01. The van der Waals surface area contributed by atoms with Gasteiger partial charge in [-0.1, -0.05) is 19.9 Å². The molecule has 10 N–H and O–H groups in total. The minimum Gasteiger partial charge on any atom is -0.504 e. The average molecular weight is 934 g/mol. The number of ether oxygens (including phenoxy) is 7. The number of phenolic OH excluding ortho intramolecular Hbond substituents is 2. The topological polar surface area (TPSA) is 270 Å². The standard InChI is InChI=1S/C41H64O14.C8H11NO2/c1-19-36(47)28(42)15-34(50-19)54-38-21(3)52-35(17-30(38)44)55-37-20(2)51-33(16-29(37)43)53-24-8-10-39(4)23(13-24)6-7-26-27(39)14-31(45)40(5)25(9-11-41(26,40)48)22-12-32(46)49-18-22;9-4-3-6-1-2-7(10)8(11)5-6/h12,19-21,23-31,33-38,42-45,47-48H,6-11,13-18H2,1-5H3;1-2,5,10-11H,3-4,9H2/t19-,20-,21-,23-,24+,25-,26-,27+,28+,29+,30+,31-,33+,34+,35+,36-,37-,38-,39+,40+,41+;/m1./s1. The largest absolute Gasteiger partial charge is 0.504 e. The first-order chi connectivity index (χ1) is 31.2. The first-order valence-corrected chi connectivity index (χ1v) is 24.4. The summed E-state index contributed by atoms with van der Waals surface area (Å²) in [7, 11) is 0. The monoisotopic (exact) mass is 934 g/mol. The van der Waals surface area contributed by atoms with Gasteiger partial charge in [0.05, 0.1) is 54.4 Å². The molecule has 1 aromatic rings. The van der Waals surface area contributed by atoms with Crippen LogP contribution in [0.1, 0.15) is 111 Å². The van der Waals surface area contributed by atoms with E-state index in [0.29, 0.717) is 31.7 Å². The van der Waals surface area contributed by atoms with Crippen LogP contribution in [-0.2, 0) is 44.4 Å². The Bertz CT molecular complexity index is 1850.